The number of hydrogen-bond donors (Lipinski definition) is 3. The molecule has 0 aliphatic carbocycles. The van der Waals surface area contributed by atoms with Gasteiger partial charge in [0.1, 0.15) is 5.75 Å². The molecule has 0 saturated heterocycles. The Hall–Kier alpha value is -7.86. The molecule has 3 N–H and O–H groups in total. The van der Waals surface area contributed by atoms with E-state index < -0.39 is 40.6 Å². The van der Waals surface area contributed by atoms with E-state index in [0.717, 1.165) is 10.1 Å². The summed E-state index contributed by atoms with van der Waals surface area (Å²) in [6, 6.07) is 11.7. The average Bonchev–Trinajstić information content (AvgIpc) is 3.38. The molecule has 1 unspecified atom stereocenters. The third-order valence-electron chi connectivity index (χ3n) is 6.49. The van der Waals surface area contributed by atoms with Gasteiger partial charge in [-0.2, -0.15) is 0 Å². The number of methoxy groups -OCH3 is 1. The van der Waals surface area contributed by atoms with Crippen molar-refractivity contribution in [2.24, 2.45) is 5.41 Å². The smallest absolute Gasteiger partial charge is 0.332 e. The number of ketones is 1. The van der Waals surface area contributed by atoms with Crippen LogP contribution in [0.25, 0.3) is 0 Å². The molecule has 0 fully saturated rings. The standard InChI is InChI=1S/C42H30N4O6/c1-6-7-8-9-10-11-12-13-14-15-16-17-18-19-23-26-36(47)43-33-27-28-35(52-5)34(29-33)44-40(50)38(39(49)42(2,3)4)46-37(48)31-45(41(46)51)30-32-24-21-20-22-25-32/h20-22,24-25,27-29,31,38,48H,30H2,1-5H3,(H,43,47)(H,44,50). The van der Waals surface area contributed by atoms with Crippen LogP contribution < -0.4 is 21.1 Å². The van der Waals surface area contributed by atoms with Crippen molar-refractivity contribution in [3.63, 3.8) is 0 Å². The number of hydrogen-bond acceptors (Lipinski definition) is 6. The van der Waals surface area contributed by atoms with Crippen molar-refractivity contribution in [3.8, 4) is 106 Å². The van der Waals surface area contributed by atoms with Gasteiger partial charge >= 0.3 is 11.6 Å². The van der Waals surface area contributed by atoms with Crippen molar-refractivity contribution < 1.29 is 24.2 Å². The molecule has 3 aromatic rings. The first-order valence-corrected chi connectivity index (χ1v) is 15.3. The van der Waals surface area contributed by atoms with Gasteiger partial charge in [0.2, 0.25) is 5.88 Å². The molecule has 0 radical (unpaired) electrons. The summed E-state index contributed by atoms with van der Waals surface area (Å²) in [6.07, 6.45) is 1.17. The average molecular weight is 687 g/mol. The first-order valence-electron chi connectivity index (χ1n) is 15.3. The zero-order valence-corrected chi connectivity index (χ0v) is 28.9. The Labute approximate surface area is 302 Å². The van der Waals surface area contributed by atoms with Gasteiger partial charge in [0, 0.05) is 17.0 Å². The highest BCUT2D eigenvalue weighted by Gasteiger charge is 2.39. The number of ether oxygens (including phenoxy) is 1. The summed E-state index contributed by atoms with van der Waals surface area (Å²) in [6.45, 7) is 6.56. The normalized spacial score (nSPS) is 9.56. The van der Waals surface area contributed by atoms with E-state index in [4.69, 9.17) is 4.74 Å². The van der Waals surface area contributed by atoms with Gasteiger partial charge in [-0.3, -0.25) is 19.0 Å². The van der Waals surface area contributed by atoms with Crippen molar-refractivity contribution in [3.05, 3.63) is 70.8 Å². The van der Waals surface area contributed by atoms with Crippen LogP contribution in [0.4, 0.5) is 11.4 Å². The van der Waals surface area contributed by atoms with E-state index in [1.54, 1.807) is 52.0 Å². The Kier molecular flexibility index (Phi) is 14.3. The van der Waals surface area contributed by atoms with Gasteiger partial charge in [-0.25, -0.2) is 9.36 Å². The van der Waals surface area contributed by atoms with Crippen LogP contribution in [0, 0.1) is 100 Å². The van der Waals surface area contributed by atoms with Crippen LogP contribution in [-0.4, -0.2) is 38.9 Å². The largest absolute Gasteiger partial charge is 0.495 e. The van der Waals surface area contributed by atoms with E-state index in [2.05, 4.69) is 105 Å². The van der Waals surface area contributed by atoms with E-state index in [1.807, 2.05) is 6.07 Å². The van der Waals surface area contributed by atoms with E-state index in [-0.39, 0.29) is 23.7 Å². The molecule has 2 aromatic carbocycles. The Morgan fingerprint density at radius 1 is 0.808 bits per heavy atom. The number of amides is 2. The Balaban J connectivity index is 1.77. The first-order chi connectivity index (χ1) is 25.0. The summed E-state index contributed by atoms with van der Waals surface area (Å²) in [5.74, 6) is 36.9. The molecule has 3 rings (SSSR count). The maximum atomic E-state index is 13.8. The summed E-state index contributed by atoms with van der Waals surface area (Å²) in [5, 5.41) is 16.0. The molecule has 2 amide bonds. The molecule has 0 aliphatic heterocycles. The van der Waals surface area contributed by atoms with Crippen LogP contribution in [0.15, 0.2) is 59.5 Å². The van der Waals surface area contributed by atoms with Gasteiger partial charge in [-0.15, -0.1) is 0 Å². The Bertz CT molecular complexity index is 2460. The van der Waals surface area contributed by atoms with Crippen LogP contribution in [-0.2, 0) is 20.9 Å². The molecule has 1 aromatic heterocycles. The molecule has 1 atom stereocenters. The maximum Gasteiger partial charge on any atom is 0.332 e. The number of carbonyl (C=O) groups is 3. The highest BCUT2D eigenvalue weighted by molar-refractivity contribution is 6.11. The third kappa shape index (κ3) is 11.7. The van der Waals surface area contributed by atoms with Crippen LogP contribution >= 0.6 is 0 Å². The van der Waals surface area contributed by atoms with Gasteiger partial charge in [-0.05, 0) is 114 Å². The lowest BCUT2D eigenvalue weighted by molar-refractivity contribution is -0.135. The lowest BCUT2D eigenvalue weighted by atomic mass is 9.86. The van der Waals surface area contributed by atoms with Crippen molar-refractivity contribution in [2.45, 2.75) is 40.3 Å². The number of benzene rings is 2. The topological polar surface area (TPSA) is 132 Å². The number of carbonyl (C=O) groups excluding carboxylic acids is 3. The van der Waals surface area contributed by atoms with Crippen molar-refractivity contribution in [1.82, 2.24) is 9.13 Å². The molecule has 254 valence electrons. The number of aromatic nitrogens is 2. The van der Waals surface area contributed by atoms with Crippen LogP contribution in [0.2, 0.25) is 0 Å². The van der Waals surface area contributed by atoms with Crippen molar-refractivity contribution in [1.29, 1.82) is 0 Å². The molecule has 1 heterocycles. The number of imidazole rings is 1. The molecule has 52 heavy (non-hydrogen) atoms. The number of nitrogens with zero attached hydrogens (tertiary/aromatic N) is 2. The van der Waals surface area contributed by atoms with E-state index in [1.165, 1.54) is 36.1 Å². The second kappa shape index (κ2) is 19.2. The fourth-order valence-corrected chi connectivity index (χ4v) is 4.17. The fourth-order valence-electron chi connectivity index (χ4n) is 4.17. The minimum atomic E-state index is -1.75. The lowest BCUT2D eigenvalue weighted by Gasteiger charge is -2.25. The van der Waals surface area contributed by atoms with Crippen LogP contribution in [0.5, 0.6) is 11.6 Å². The SMILES string of the molecule is CC#CC#CC#CC#CC#CC#CC#CC#CC(=O)Nc1ccc(OC)c(NC(=O)C(C(=O)C(C)(C)C)n2c(O)cn(Cc3ccccc3)c2=O)c1. The molecule has 10 heteroatoms. The van der Waals surface area contributed by atoms with Crippen LogP contribution in [0.3, 0.4) is 0 Å². The van der Waals surface area contributed by atoms with Gasteiger partial charge < -0.3 is 20.5 Å². The summed E-state index contributed by atoms with van der Waals surface area (Å²) in [7, 11) is 1.37. The second-order valence-electron chi connectivity index (χ2n) is 11.3. The van der Waals surface area contributed by atoms with E-state index >= 15 is 0 Å². The van der Waals surface area contributed by atoms with Crippen LogP contribution in [0.1, 0.15) is 39.3 Å². The number of Topliss-reactive ketones (excluding diaryl/α,β-unsaturated/α-hetero) is 1. The molecule has 0 aliphatic rings. The summed E-state index contributed by atoms with van der Waals surface area (Å²) < 4.78 is 7.34. The highest BCUT2D eigenvalue weighted by Crippen LogP contribution is 2.31. The molecular formula is C42H30N4O6. The van der Waals surface area contributed by atoms with Crippen molar-refractivity contribution >= 4 is 29.0 Å². The van der Waals surface area contributed by atoms with E-state index in [0.29, 0.717) is 0 Å². The van der Waals surface area contributed by atoms with Crippen molar-refractivity contribution in [2.75, 3.05) is 17.7 Å². The minimum Gasteiger partial charge on any atom is -0.495 e. The number of aromatic hydroxyl groups is 1. The molecule has 10 nitrogen and oxygen atoms in total. The lowest BCUT2D eigenvalue weighted by Crippen LogP contribution is -2.43. The number of nitrogens with one attached hydrogen (secondary N) is 2. The predicted molar refractivity (Wildman–Crippen MR) is 198 cm³/mol. The zero-order valence-electron chi connectivity index (χ0n) is 28.9. The first kappa shape index (κ1) is 38.6. The monoisotopic (exact) mass is 686 g/mol. The summed E-state index contributed by atoms with van der Waals surface area (Å²) in [4.78, 5) is 53.4. The minimum absolute atomic E-state index is 0.0737. The molecule has 0 bridgehead atoms. The summed E-state index contributed by atoms with van der Waals surface area (Å²) in [5.41, 5.74) is -0.776. The quantitative estimate of drug-likeness (QED) is 0.247. The predicted octanol–water partition coefficient (Wildman–Crippen LogP) is 3.19. The van der Waals surface area contributed by atoms with Gasteiger partial charge in [-0.1, -0.05) is 57.0 Å². The third-order valence-corrected chi connectivity index (χ3v) is 6.49. The zero-order chi connectivity index (χ0) is 37.9. The number of rotatable bonds is 8. The molecule has 0 saturated carbocycles. The molecule has 0 spiro atoms. The second-order valence-corrected chi connectivity index (χ2v) is 11.3. The maximum absolute atomic E-state index is 13.8. The van der Waals surface area contributed by atoms with Gasteiger partial charge in [0.25, 0.3) is 5.91 Å². The van der Waals surface area contributed by atoms with Gasteiger partial charge in [0.15, 0.2) is 11.8 Å². The van der Waals surface area contributed by atoms with Gasteiger partial charge in [0.05, 0.1) is 25.5 Å². The van der Waals surface area contributed by atoms with E-state index in [9.17, 15) is 24.3 Å². The highest BCUT2D eigenvalue weighted by atomic mass is 16.5. The fraction of sp³-hybridized carbons (Fsp3) is 0.190. The number of anilines is 2. The summed E-state index contributed by atoms with van der Waals surface area (Å²) >= 11 is 0. The Morgan fingerprint density at radius 2 is 1.37 bits per heavy atom. The Morgan fingerprint density at radius 3 is 1.90 bits per heavy atom. The molecular weight excluding hydrogens is 656 g/mol.